The molecule has 0 atom stereocenters. The van der Waals surface area contributed by atoms with Crippen LogP contribution in [0.25, 0.3) is 21.5 Å². The second kappa shape index (κ2) is 4.36. The third kappa shape index (κ3) is 1.81. The molecule has 3 aromatic rings. The van der Waals surface area contributed by atoms with Gasteiger partial charge in [0.05, 0.1) is 0 Å². The van der Waals surface area contributed by atoms with Crippen LogP contribution in [0.3, 0.4) is 0 Å². The molecule has 0 fully saturated rings. The van der Waals surface area contributed by atoms with Crippen molar-refractivity contribution in [1.82, 2.24) is 0 Å². The Morgan fingerprint density at radius 1 is 0.467 bits per heavy atom. The van der Waals surface area contributed by atoms with Gasteiger partial charge in [-0.05, 0) is 21.5 Å². The van der Waals surface area contributed by atoms with Crippen molar-refractivity contribution in [1.29, 1.82) is 0 Å². The van der Waals surface area contributed by atoms with Gasteiger partial charge in [0, 0.05) is 0 Å². The van der Waals surface area contributed by atoms with Gasteiger partial charge in [0.25, 0.3) is 0 Å². The van der Waals surface area contributed by atoms with Crippen molar-refractivity contribution < 1.29 is 0 Å². The van der Waals surface area contributed by atoms with Crippen LogP contribution in [0.5, 0.6) is 0 Å². The molecule has 0 heterocycles. The number of benzene rings is 3. The van der Waals surface area contributed by atoms with Crippen molar-refractivity contribution >= 4 is 51.1 Å². The number of fused-ring (bicyclic) bond motifs is 3. The van der Waals surface area contributed by atoms with Crippen LogP contribution in [0.4, 0.5) is 0 Å². The second-order valence-corrected chi connectivity index (χ2v) is 3.51. The van der Waals surface area contributed by atoms with Gasteiger partial charge in [0.15, 0.2) is 0 Å². The quantitative estimate of drug-likeness (QED) is 0.387. The Morgan fingerprint density at radius 2 is 0.867 bits per heavy atom. The Bertz CT molecular complexity index is 544. The fourth-order valence-electron chi connectivity index (χ4n) is 1.95. The first-order chi connectivity index (χ1) is 6.95. The van der Waals surface area contributed by atoms with Gasteiger partial charge in [0.2, 0.25) is 0 Å². The molecule has 3 aromatic carbocycles. The van der Waals surface area contributed by atoms with Crippen LogP contribution >= 0.6 is 0 Å². The molecule has 0 saturated heterocycles. The van der Waals surface area contributed by atoms with Crippen LogP contribution in [0.1, 0.15) is 0 Å². The average Bonchev–Trinajstić information content (AvgIpc) is 2.29. The number of hydrogen-bond acceptors (Lipinski definition) is 0. The third-order valence-electron chi connectivity index (χ3n) is 2.65. The third-order valence-corrected chi connectivity index (χ3v) is 2.65. The zero-order chi connectivity index (χ0) is 9.38. The summed E-state index contributed by atoms with van der Waals surface area (Å²) in [6.07, 6.45) is 0. The van der Waals surface area contributed by atoms with E-state index in [0.717, 1.165) is 0 Å². The summed E-state index contributed by atoms with van der Waals surface area (Å²) in [7, 11) is 0. The van der Waals surface area contributed by atoms with Crippen molar-refractivity contribution in [3.63, 3.8) is 0 Å². The predicted molar refractivity (Wildman–Crippen MR) is 68.6 cm³/mol. The average molecular weight is 202 g/mol. The molecule has 0 unspecified atom stereocenters. The summed E-state index contributed by atoms with van der Waals surface area (Å²) in [6.45, 7) is 0. The first-order valence-corrected chi connectivity index (χ1v) is 4.82. The molecule has 0 bridgehead atoms. The fourth-order valence-corrected chi connectivity index (χ4v) is 1.95. The van der Waals surface area contributed by atoms with E-state index in [1.165, 1.54) is 21.5 Å². The Morgan fingerprint density at radius 3 is 1.33 bits per heavy atom. The molecule has 0 nitrogen and oxygen atoms in total. The van der Waals surface area contributed by atoms with E-state index in [4.69, 9.17) is 0 Å². The minimum atomic E-state index is 0. The Kier molecular flexibility index (Phi) is 3.11. The molecule has 0 N–H and O–H groups in total. The summed E-state index contributed by atoms with van der Waals surface area (Å²) in [4.78, 5) is 0. The molecular formula is C14H11Na. The van der Waals surface area contributed by atoms with Gasteiger partial charge in [-0.1, -0.05) is 60.7 Å². The second-order valence-electron chi connectivity index (χ2n) is 3.51. The molecule has 0 aliphatic heterocycles. The summed E-state index contributed by atoms with van der Waals surface area (Å²) in [6, 6.07) is 21.4. The van der Waals surface area contributed by atoms with E-state index in [1.807, 2.05) is 0 Å². The first-order valence-electron chi connectivity index (χ1n) is 4.82. The largest absolute Gasteiger partial charge is 0.0616 e. The molecule has 0 saturated carbocycles. The van der Waals surface area contributed by atoms with Crippen molar-refractivity contribution in [2.45, 2.75) is 0 Å². The zero-order valence-electron chi connectivity index (χ0n) is 7.77. The van der Waals surface area contributed by atoms with Gasteiger partial charge >= 0.3 is 29.6 Å². The molecule has 0 amide bonds. The Hall–Kier alpha value is -0.820. The molecule has 0 aliphatic carbocycles. The van der Waals surface area contributed by atoms with Crippen LogP contribution in [-0.2, 0) is 0 Å². The van der Waals surface area contributed by atoms with Crippen molar-refractivity contribution in [2.24, 2.45) is 0 Å². The molecular weight excluding hydrogens is 191 g/mol. The van der Waals surface area contributed by atoms with Gasteiger partial charge in [-0.25, -0.2) is 0 Å². The van der Waals surface area contributed by atoms with Gasteiger partial charge in [-0.2, -0.15) is 0 Å². The number of rotatable bonds is 0. The van der Waals surface area contributed by atoms with Crippen molar-refractivity contribution in [3.05, 3.63) is 60.7 Å². The normalized spacial score (nSPS) is 10.1. The smallest absolute Gasteiger partial charge is 0.0105 e. The van der Waals surface area contributed by atoms with Crippen LogP contribution in [0.15, 0.2) is 60.7 Å². The van der Waals surface area contributed by atoms with Gasteiger partial charge < -0.3 is 0 Å². The molecule has 68 valence electrons. The van der Waals surface area contributed by atoms with E-state index in [0.29, 0.717) is 0 Å². The molecule has 15 heavy (non-hydrogen) atoms. The Balaban J connectivity index is 0.000000853. The van der Waals surface area contributed by atoms with Crippen LogP contribution < -0.4 is 0 Å². The summed E-state index contributed by atoms with van der Waals surface area (Å²) in [5.41, 5.74) is 0. The van der Waals surface area contributed by atoms with Crippen LogP contribution in [0.2, 0.25) is 0 Å². The summed E-state index contributed by atoms with van der Waals surface area (Å²) in [5.74, 6) is 0. The summed E-state index contributed by atoms with van der Waals surface area (Å²) < 4.78 is 0. The summed E-state index contributed by atoms with van der Waals surface area (Å²) >= 11 is 0. The molecule has 0 aliphatic rings. The minimum Gasteiger partial charge on any atom is -0.0616 e. The summed E-state index contributed by atoms with van der Waals surface area (Å²) in [5, 5.41) is 5.30. The van der Waals surface area contributed by atoms with Gasteiger partial charge in [0.1, 0.15) is 0 Å². The zero-order valence-corrected chi connectivity index (χ0v) is 7.77. The number of hydrogen-bond donors (Lipinski definition) is 0. The minimum absolute atomic E-state index is 0. The van der Waals surface area contributed by atoms with E-state index in [2.05, 4.69) is 60.7 Å². The van der Waals surface area contributed by atoms with E-state index >= 15 is 0 Å². The maximum Gasteiger partial charge on any atom is -0.0105 e. The molecule has 0 spiro atoms. The van der Waals surface area contributed by atoms with E-state index < -0.39 is 0 Å². The van der Waals surface area contributed by atoms with Crippen LogP contribution in [0, 0.1) is 0 Å². The first kappa shape index (κ1) is 10.7. The standard InChI is InChI=1S/C14H10.Na.H/c1-3-7-13-11(5-1)9-10-12-6-2-4-8-14(12)13;;/h1-10H;;. The maximum absolute atomic E-state index is 2.18. The topological polar surface area (TPSA) is 0 Å². The van der Waals surface area contributed by atoms with Crippen molar-refractivity contribution in [2.75, 3.05) is 0 Å². The molecule has 0 radical (unpaired) electrons. The monoisotopic (exact) mass is 202 g/mol. The maximum atomic E-state index is 2.18. The molecule has 3 rings (SSSR count). The van der Waals surface area contributed by atoms with Crippen molar-refractivity contribution in [3.8, 4) is 0 Å². The Labute approximate surface area is 111 Å². The van der Waals surface area contributed by atoms with Crippen LogP contribution in [-0.4, -0.2) is 29.6 Å². The predicted octanol–water partition coefficient (Wildman–Crippen LogP) is 3.34. The molecule has 1 heteroatoms. The molecule has 0 aromatic heterocycles. The van der Waals surface area contributed by atoms with Gasteiger partial charge in [-0.15, -0.1) is 0 Å². The van der Waals surface area contributed by atoms with E-state index in [-0.39, 0.29) is 29.6 Å². The van der Waals surface area contributed by atoms with E-state index in [1.54, 1.807) is 0 Å². The SMILES string of the molecule is [NaH].c1ccc2c(c1)ccc1ccccc12. The fraction of sp³-hybridized carbons (Fsp3) is 0. The van der Waals surface area contributed by atoms with Gasteiger partial charge in [-0.3, -0.25) is 0 Å². The van der Waals surface area contributed by atoms with E-state index in [9.17, 15) is 0 Å².